The van der Waals surface area contributed by atoms with Gasteiger partial charge in [-0.1, -0.05) is 73.5 Å². The van der Waals surface area contributed by atoms with Crippen molar-refractivity contribution in [2.45, 2.75) is 71.1 Å². The topological polar surface area (TPSA) is 277 Å². The number of hydrogen-bond acceptors (Lipinski definition) is 17. The van der Waals surface area contributed by atoms with Crippen LogP contribution < -0.4 is 5.32 Å². The third-order valence-corrected chi connectivity index (χ3v) is 8.50. The van der Waals surface area contributed by atoms with Crippen molar-refractivity contribution < 1.29 is 53.2 Å². The summed E-state index contributed by atoms with van der Waals surface area (Å²) in [7, 11) is 0. The Kier molecular flexibility index (Phi) is 17.9. The standard InChI is InChI=1S/C35H42ClN9O13/c1-2-3-12-30-38-31(36)29(43(30)21-24-13-15-25(16-14-24)26-10-4-5-11-27(26)32-39-41-42-40-32)23-55-34(47)37-28(33(46)53-17-6-8-19-57-44(49)50)22-56-35(48)54-18-7-9-20-58-45(51)52/h4-5,10-11,13-16,28H,2-3,6-9,12,17-23H2,1H3,(H,37,47)(H,39,40,41,42). The van der Waals surface area contributed by atoms with Gasteiger partial charge in [-0.2, -0.15) is 5.21 Å². The Hall–Kier alpha value is -6.58. The molecule has 0 aliphatic rings. The monoisotopic (exact) mass is 831 g/mol. The zero-order valence-corrected chi connectivity index (χ0v) is 32.2. The summed E-state index contributed by atoms with van der Waals surface area (Å²) >= 11 is 6.59. The second-order valence-electron chi connectivity index (χ2n) is 12.3. The first-order valence-corrected chi connectivity index (χ1v) is 18.5. The van der Waals surface area contributed by atoms with Gasteiger partial charge in [0.05, 0.1) is 32.1 Å². The van der Waals surface area contributed by atoms with Crippen molar-refractivity contribution in [1.82, 2.24) is 35.5 Å². The van der Waals surface area contributed by atoms with E-state index in [0.29, 0.717) is 30.3 Å². The van der Waals surface area contributed by atoms with E-state index in [1.807, 2.05) is 60.0 Å². The maximum atomic E-state index is 13.1. The lowest BCUT2D eigenvalue weighted by Crippen LogP contribution is -2.45. The number of imidazole rings is 1. The molecule has 0 bridgehead atoms. The average molecular weight is 832 g/mol. The highest BCUT2D eigenvalue weighted by atomic mass is 35.5. The molecule has 2 heterocycles. The number of unbranched alkanes of at least 4 members (excludes halogenated alkanes) is 3. The lowest BCUT2D eigenvalue weighted by molar-refractivity contribution is -0.757. The van der Waals surface area contributed by atoms with E-state index in [1.54, 1.807) is 0 Å². The predicted octanol–water partition coefficient (Wildman–Crippen LogP) is 5.04. The van der Waals surface area contributed by atoms with Gasteiger partial charge in [0.15, 0.2) is 11.2 Å². The van der Waals surface area contributed by atoms with Crippen LogP contribution >= 0.6 is 11.6 Å². The van der Waals surface area contributed by atoms with Crippen molar-refractivity contribution in [3.8, 4) is 22.5 Å². The minimum absolute atomic E-state index is 0.123. The summed E-state index contributed by atoms with van der Waals surface area (Å²) in [4.78, 5) is 71.7. The first-order valence-electron chi connectivity index (χ1n) is 18.2. The molecule has 4 rings (SSSR count). The van der Waals surface area contributed by atoms with E-state index in [9.17, 15) is 34.6 Å². The molecule has 4 aromatic rings. The largest absolute Gasteiger partial charge is 0.508 e. The summed E-state index contributed by atoms with van der Waals surface area (Å²) in [6.45, 7) is 0.568. The Bertz CT molecular complexity index is 1950. The number of nitrogens with one attached hydrogen (secondary N) is 2. The fourth-order valence-electron chi connectivity index (χ4n) is 5.33. The highest BCUT2D eigenvalue weighted by Gasteiger charge is 2.26. The Labute approximate surface area is 335 Å². The van der Waals surface area contributed by atoms with Crippen LogP contribution in [0.15, 0.2) is 48.5 Å². The number of ether oxygens (including phenoxy) is 4. The molecule has 0 aliphatic carbocycles. The molecule has 0 saturated carbocycles. The number of carbonyl (C=O) groups excluding carboxylic acids is 3. The number of nitrogens with zero attached hydrogens (tertiary/aromatic N) is 7. The normalized spacial score (nSPS) is 11.3. The fraction of sp³-hybridized carbons (Fsp3) is 0.457. The fourth-order valence-corrected chi connectivity index (χ4v) is 5.58. The Morgan fingerprint density at radius 2 is 1.52 bits per heavy atom. The number of tetrazole rings is 1. The molecule has 2 N–H and O–H groups in total. The van der Waals surface area contributed by atoms with Crippen LogP contribution in [0.25, 0.3) is 22.5 Å². The van der Waals surface area contributed by atoms with Gasteiger partial charge in [0, 0.05) is 18.5 Å². The lowest BCUT2D eigenvalue weighted by atomic mass is 9.98. The number of halogens is 1. The van der Waals surface area contributed by atoms with Crippen molar-refractivity contribution in [3.63, 3.8) is 0 Å². The molecule has 2 aromatic heterocycles. The molecule has 1 unspecified atom stereocenters. The van der Waals surface area contributed by atoms with Crippen LogP contribution in [0.2, 0.25) is 5.15 Å². The van der Waals surface area contributed by atoms with E-state index in [2.05, 4.69) is 40.6 Å². The number of benzene rings is 2. The summed E-state index contributed by atoms with van der Waals surface area (Å²) in [5, 5.41) is 35.5. The molecule has 2 aromatic carbocycles. The van der Waals surface area contributed by atoms with Gasteiger partial charge in [0.2, 0.25) is 5.82 Å². The Morgan fingerprint density at radius 3 is 2.16 bits per heavy atom. The van der Waals surface area contributed by atoms with Crippen LogP contribution in [0.1, 0.15) is 62.5 Å². The first-order chi connectivity index (χ1) is 28.0. The SMILES string of the molecule is CCCCc1nc(Cl)c(COC(=O)NC(COC(=O)OCCCCO[N+](=O)[O-])C(=O)OCCCCO[N+](=O)[O-])n1Cc1ccc(-c2ccccc2-c2nn[nH]n2)cc1. The number of aromatic amines is 1. The van der Waals surface area contributed by atoms with Crippen LogP contribution in [-0.2, 0) is 53.0 Å². The van der Waals surface area contributed by atoms with E-state index in [-0.39, 0.29) is 63.9 Å². The predicted molar refractivity (Wildman–Crippen MR) is 200 cm³/mol. The molecule has 1 amide bonds. The summed E-state index contributed by atoms with van der Waals surface area (Å²) in [5.41, 5.74) is 3.94. The molecule has 0 aliphatic heterocycles. The van der Waals surface area contributed by atoms with E-state index in [0.717, 1.165) is 35.1 Å². The Morgan fingerprint density at radius 1 is 0.862 bits per heavy atom. The van der Waals surface area contributed by atoms with Crippen LogP contribution in [0.5, 0.6) is 0 Å². The van der Waals surface area contributed by atoms with Crippen LogP contribution in [0.3, 0.4) is 0 Å². The molecule has 1 atom stereocenters. The first kappa shape index (κ1) is 44.1. The number of amides is 1. The smallest absolute Gasteiger partial charge is 0.464 e. The average Bonchev–Trinajstić information content (AvgIpc) is 3.85. The molecule has 0 saturated heterocycles. The van der Waals surface area contributed by atoms with Gasteiger partial charge in [-0.05, 0) is 54.0 Å². The van der Waals surface area contributed by atoms with E-state index < -0.39 is 41.0 Å². The summed E-state index contributed by atoms with van der Waals surface area (Å²) in [6.07, 6.45) is 0.892. The van der Waals surface area contributed by atoms with Gasteiger partial charge in [-0.25, -0.2) is 19.4 Å². The summed E-state index contributed by atoms with van der Waals surface area (Å²) in [5.74, 6) is 0.148. The Balaban J connectivity index is 1.41. The van der Waals surface area contributed by atoms with Crippen LogP contribution in [-0.4, -0.2) is 97.6 Å². The zero-order chi connectivity index (χ0) is 41.7. The number of aryl methyl sites for hydroxylation is 1. The molecular weight excluding hydrogens is 790 g/mol. The van der Waals surface area contributed by atoms with Gasteiger partial charge >= 0.3 is 18.2 Å². The van der Waals surface area contributed by atoms with Crippen LogP contribution in [0.4, 0.5) is 9.59 Å². The third kappa shape index (κ3) is 14.5. The molecule has 22 nitrogen and oxygen atoms in total. The second kappa shape index (κ2) is 23.5. The molecule has 58 heavy (non-hydrogen) atoms. The van der Waals surface area contributed by atoms with E-state index in [4.69, 9.17) is 30.5 Å². The minimum atomic E-state index is -1.55. The quantitative estimate of drug-likeness (QED) is 0.0291. The number of hydrogen-bond donors (Lipinski definition) is 2. The molecule has 23 heteroatoms. The second-order valence-corrected chi connectivity index (χ2v) is 12.7. The highest BCUT2D eigenvalue weighted by molar-refractivity contribution is 6.30. The molecule has 0 spiro atoms. The van der Waals surface area contributed by atoms with Crippen LogP contribution in [0, 0.1) is 20.2 Å². The molecular formula is C35H42ClN9O13. The number of alkyl carbamates (subject to hydrolysis) is 1. The van der Waals surface area contributed by atoms with Gasteiger partial charge in [-0.15, -0.1) is 30.4 Å². The lowest BCUT2D eigenvalue weighted by Gasteiger charge is -2.18. The van der Waals surface area contributed by atoms with Crippen molar-refractivity contribution in [3.05, 3.63) is 91.0 Å². The van der Waals surface area contributed by atoms with Crippen molar-refractivity contribution in [2.75, 3.05) is 33.0 Å². The zero-order valence-electron chi connectivity index (χ0n) is 31.4. The van der Waals surface area contributed by atoms with Crippen molar-refractivity contribution in [2.24, 2.45) is 0 Å². The maximum absolute atomic E-state index is 13.1. The van der Waals surface area contributed by atoms with Crippen molar-refractivity contribution in [1.29, 1.82) is 0 Å². The van der Waals surface area contributed by atoms with E-state index >= 15 is 0 Å². The number of aromatic nitrogens is 6. The summed E-state index contributed by atoms with van der Waals surface area (Å²) < 4.78 is 22.4. The number of esters is 1. The van der Waals surface area contributed by atoms with Gasteiger partial charge < -0.3 is 38.5 Å². The maximum Gasteiger partial charge on any atom is 0.508 e. The van der Waals surface area contributed by atoms with E-state index in [1.165, 1.54) is 0 Å². The highest BCUT2D eigenvalue weighted by Crippen LogP contribution is 2.30. The number of carbonyl (C=O) groups is 3. The molecule has 0 radical (unpaired) electrons. The third-order valence-electron chi connectivity index (χ3n) is 8.20. The van der Waals surface area contributed by atoms with Gasteiger partial charge in [-0.3, -0.25) is 0 Å². The number of rotatable bonds is 25. The molecule has 312 valence electrons. The molecule has 0 fully saturated rings. The number of H-pyrrole nitrogens is 1. The summed E-state index contributed by atoms with van der Waals surface area (Å²) in [6, 6.07) is 14.0. The van der Waals surface area contributed by atoms with Crippen molar-refractivity contribution >= 4 is 29.8 Å². The minimum Gasteiger partial charge on any atom is -0.464 e. The van der Waals surface area contributed by atoms with Gasteiger partial charge in [0.25, 0.3) is 10.2 Å². The van der Waals surface area contributed by atoms with Gasteiger partial charge in [0.1, 0.15) is 19.0 Å².